The van der Waals surface area contributed by atoms with E-state index in [9.17, 15) is 9.59 Å². The molecule has 5 nitrogen and oxygen atoms in total. The predicted molar refractivity (Wildman–Crippen MR) is 142 cm³/mol. The summed E-state index contributed by atoms with van der Waals surface area (Å²) >= 11 is 1.00. The molecule has 5 rings (SSSR count). The molecule has 1 aromatic heterocycles. The average molecular weight is 483 g/mol. The van der Waals surface area contributed by atoms with Crippen molar-refractivity contribution in [2.45, 2.75) is 27.3 Å². The quantitative estimate of drug-likeness (QED) is 0.281. The SMILES string of the molecule is CCOc1ccc(-n2c(C)cc(/C=C3\SC(=O)N(Cc4cccc5ccccc45)C3=O)c2C)cc1. The third-order valence-electron chi connectivity index (χ3n) is 6.24. The molecule has 0 atom stereocenters. The van der Waals surface area contributed by atoms with Crippen molar-refractivity contribution in [3.05, 3.63) is 100 Å². The van der Waals surface area contributed by atoms with Crippen molar-refractivity contribution in [3.8, 4) is 11.4 Å². The molecule has 6 heteroatoms. The Bertz CT molecular complexity index is 1460. The van der Waals surface area contributed by atoms with E-state index in [0.29, 0.717) is 11.5 Å². The fourth-order valence-corrected chi connectivity index (χ4v) is 5.40. The van der Waals surface area contributed by atoms with Gasteiger partial charge in [0.15, 0.2) is 0 Å². The van der Waals surface area contributed by atoms with Crippen molar-refractivity contribution in [2.75, 3.05) is 6.61 Å². The first-order valence-corrected chi connectivity index (χ1v) is 12.4. The van der Waals surface area contributed by atoms with Crippen LogP contribution in [-0.4, -0.2) is 27.2 Å². The first-order chi connectivity index (χ1) is 17.0. The van der Waals surface area contributed by atoms with Gasteiger partial charge in [-0.3, -0.25) is 14.5 Å². The Morgan fingerprint density at radius 1 is 0.943 bits per heavy atom. The second-order valence-electron chi connectivity index (χ2n) is 8.49. The van der Waals surface area contributed by atoms with E-state index < -0.39 is 0 Å². The maximum Gasteiger partial charge on any atom is 0.293 e. The molecule has 2 heterocycles. The molecule has 1 aliphatic heterocycles. The van der Waals surface area contributed by atoms with Crippen molar-refractivity contribution in [1.29, 1.82) is 0 Å². The van der Waals surface area contributed by atoms with E-state index in [1.165, 1.54) is 4.90 Å². The molecule has 0 spiro atoms. The number of hydrogen-bond donors (Lipinski definition) is 0. The lowest BCUT2D eigenvalue weighted by Gasteiger charge is -2.14. The summed E-state index contributed by atoms with van der Waals surface area (Å²) in [4.78, 5) is 27.8. The number of aryl methyl sites for hydroxylation is 1. The van der Waals surface area contributed by atoms with Gasteiger partial charge in [-0.25, -0.2) is 0 Å². The molecule has 35 heavy (non-hydrogen) atoms. The Hall–Kier alpha value is -3.77. The lowest BCUT2D eigenvalue weighted by Crippen LogP contribution is -2.27. The van der Waals surface area contributed by atoms with Crippen LogP contribution in [0.15, 0.2) is 77.7 Å². The summed E-state index contributed by atoms with van der Waals surface area (Å²) in [7, 11) is 0. The molecule has 1 aliphatic rings. The fraction of sp³-hybridized carbons (Fsp3) is 0.172. The van der Waals surface area contributed by atoms with E-state index in [2.05, 4.69) is 4.57 Å². The topological polar surface area (TPSA) is 51.5 Å². The zero-order valence-corrected chi connectivity index (χ0v) is 20.8. The van der Waals surface area contributed by atoms with Gasteiger partial charge in [0.1, 0.15) is 5.75 Å². The minimum atomic E-state index is -0.251. The van der Waals surface area contributed by atoms with Gasteiger partial charge in [0.2, 0.25) is 0 Å². The maximum absolute atomic E-state index is 13.2. The van der Waals surface area contributed by atoms with E-state index in [4.69, 9.17) is 4.74 Å². The number of imide groups is 1. The number of ether oxygens (including phenoxy) is 1. The second-order valence-corrected chi connectivity index (χ2v) is 9.49. The summed E-state index contributed by atoms with van der Waals surface area (Å²) in [5.74, 6) is 0.581. The number of rotatable bonds is 6. The molecular formula is C29H26N2O3S. The summed E-state index contributed by atoms with van der Waals surface area (Å²) in [5.41, 5.74) is 4.96. The molecule has 2 amide bonds. The minimum Gasteiger partial charge on any atom is -0.494 e. The number of nitrogens with zero attached hydrogens (tertiary/aromatic N) is 2. The fourth-order valence-electron chi connectivity index (χ4n) is 4.57. The highest BCUT2D eigenvalue weighted by Gasteiger charge is 2.35. The van der Waals surface area contributed by atoms with Gasteiger partial charge in [-0.2, -0.15) is 0 Å². The highest BCUT2D eigenvalue weighted by Crippen LogP contribution is 2.35. The van der Waals surface area contributed by atoms with Gasteiger partial charge in [-0.05, 0) is 90.8 Å². The molecule has 3 aromatic carbocycles. The molecular weight excluding hydrogens is 456 g/mol. The Labute approximate surface area is 209 Å². The Kier molecular flexibility index (Phi) is 6.22. The Morgan fingerprint density at radius 2 is 1.69 bits per heavy atom. The monoisotopic (exact) mass is 482 g/mol. The predicted octanol–water partition coefficient (Wildman–Crippen LogP) is 6.88. The summed E-state index contributed by atoms with van der Waals surface area (Å²) in [6.07, 6.45) is 1.83. The number of amides is 2. The zero-order valence-electron chi connectivity index (χ0n) is 19.9. The molecule has 0 radical (unpaired) electrons. The van der Waals surface area contributed by atoms with Gasteiger partial charge in [-0.1, -0.05) is 42.5 Å². The number of hydrogen-bond acceptors (Lipinski definition) is 4. The lowest BCUT2D eigenvalue weighted by molar-refractivity contribution is -0.123. The highest BCUT2D eigenvalue weighted by atomic mass is 32.2. The van der Waals surface area contributed by atoms with E-state index in [1.54, 1.807) is 0 Å². The molecule has 0 bridgehead atoms. The average Bonchev–Trinajstić information content (AvgIpc) is 3.29. The van der Waals surface area contributed by atoms with Crippen molar-refractivity contribution < 1.29 is 14.3 Å². The number of carbonyl (C=O) groups is 2. The van der Waals surface area contributed by atoms with E-state index in [-0.39, 0.29) is 17.7 Å². The third kappa shape index (κ3) is 4.37. The number of benzene rings is 3. The molecule has 0 aliphatic carbocycles. The summed E-state index contributed by atoms with van der Waals surface area (Å²) in [6, 6.07) is 24.0. The first kappa shape index (κ1) is 23.0. The van der Waals surface area contributed by atoms with Crippen LogP contribution in [0, 0.1) is 13.8 Å². The zero-order chi connectivity index (χ0) is 24.5. The smallest absolute Gasteiger partial charge is 0.293 e. The van der Waals surface area contributed by atoms with Crippen LogP contribution in [0.4, 0.5) is 4.79 Å². The molecule has 4 aromatic rings. The van der Waals surface area contributed by atoms with Gasteiger partial charge >= 0.3 is 0 Å². The molecule has 0 saturated carbocycles. The van der Waals surface area contributed by atoms with Crippen LogP contribution in [0.1, 0.15) is 29.4 Å². The Morgan fingerprint density at radius 3 is 2.46 bits per heavy atom. The number of aromatic nitrogens is 1. The highest BCUT2D eigenvalue weighted by molar-refractivity contribution is 8.18. The largest absolute Gasteiger partial charge is 0.494 e. The molecule has 0 unspecified atom stereocenters. The maximum atomic E-state index is 13.2. The van der Waals surface area contributed by atoms with Gasteiger partial charge in [-0.15, -0.1) is 0 Å². The van der Waals surface area contributed by atoms with Crippen molar-refractivity contribution in [1.82, 2.24) is 9.47 Å². The molecule has 176 valence electrons. The van der Waals surface area contributed by atoms with Crippen LogP contribution in [0.25, 0.3) is 22.5 Å². The van der Waals surface area contributed by atoms with Crippen LogP contribution in [0.5, 0.6) is 5.75 Å². The van der Waals surface area contributed by atoms with Gasteiger partial charge < -0.3 is 9.30 Å². The molecule has 1 saturated heterocycles. The van der Waals surface area contributed by atoms with Crippen LogP contribution in [0.3, 0.4) is 0 Å². The molecule has 0 N–H and O–H groups in total. The summed E-state index contributed by atoms with van der Waals surface area (Å²) < 4.78 is 7.69. The normalized spacial score (nSPS) is 14.9. The number of thioether (sulfide) groups is 1. The third-order valence-corrected chi connectivity index (χ3v) is 7.15. The van der Waals surface area contributed by atoms with Crippen LogP contribution < -0.4 is 4.74 Å². The summed E-state index contributed by atoms with van der Waals surface area (Å²) in [5, 5.41) is 1.90. The molecule has 1 fully saturated rings. The minimum absolute atomic E-state index is 0.241. The van der Waals surface area contributed by atoms with Crippen LogP contribution in [0.2, 0.25) is 0 Å². The second kappa shape index (κ2) is 9.47. The van der Waals surface area contributed by atoms with E-state index in [1.807, 2.05) is 99.6 Å². The van der Waals surface area contributed by atoms with E-state index >= 15 is 0 Å². The first-order valence-electron chi connectivity index (χ1n) is 11.6. The van der Waals surface area contributed by atoms with Crippen LogP contribution >= 0.6 is 11.8 Å². The summed E-state index contributed by atoms with van der Waals surface area (Å²) in [6.45, 7) is 6.90. The number of fused-ring (bicyclic) bond motifs is 1. The van der Waals surface area contributed by atoms with Crippen LogP contribution in [-0.2, 0) is 11.3 Å². The van der Waals surface area contributed by atoms with Gasteiger partial charge in [0.25, 0.3) is 11.1 Å². The Balaban J connectivity index is 1.42. The van der Waals surface area contributed by atoms with Gasteiger partial charge in [0.05, 0.1) is 18.1 Å². The van der Waals surface area contributed by atoms with Crippen molar-refractivity contribution in [2.24, 2.45) is 0 Å². The van der Waals surface area contributed by atoms with Gasteiger partial charge in [0, 0.05) is 17.1 Å². The van der Waals surface area contributed by atoms with Crippen molar-refractivity contribution >= 4 is 39.8 Å². The van der Waals surface area contributed by atoms with E-state index in [0.717, 1.165) is 56.5 Å². The van der Waals surface area contributed by atoms with Crippen molar-refractivity contribution in [3.63, 3.8) is 0 Å². The standard InChI is InChI=1S/C29H26N2O3S/c1-4-34-25-14-12-24(13-15-25)31-19(2)16-23(20(31)3)17-27-28(32)30(29(33)35-27)18-22-10-7-9-21-8-5-6-11-26(21)22/h5-17H,4,18H2,1-3H3/b27-17-. The lowest BCUT2D eigenvalue weighted by atomic mass is 10.0. The number of carbonyl (C=O) groups excluding carboxylic acids is 2.